The van der Waals surface area contributed by atoms with E-state index < -0.39 is 0 Å². The summed E-state index contributed by atoms with van der Waals surface area (Å²) in [7, 11) is 0. The van der Waals surface area contributed by atoms with E-state index >= 15 is 0 Å². The smallest absolute Gasteiger partial charge is 0.128 e. The average Bonchev–Trinajstić information content (AvgIpc) is 2.38. The van der Waals surface area contributed by atoms with Gasteiger partial charge < -0.3 is 10.6 Å². The highest BCUT2D eigenvalue weighted by Crippen LogP contribution is 2.35. The van der Waals surface area contributed by atoms with Crippen molar-refractivity contribution in [3.8, 4) is 0 Å². The van der Waals surface area contributed by atoms with Crippen molar-refractivity contribution in [3.05, 3.63) is 18.2 Å². The van der Waals surface area contributed by atoms with Crippen molar-refractivity contribution in [2.75, 3.05) is 23.7 Å². The number of rotatable bonds is 5. The summed E-state index contributed by atoms with van der Waals surface area (Å²) >= 11 is 0. The summed E-state index contributed by atoms with van der Waals surface area (Å²) in [5.74, 6) is 1.94. The molecule has 1 aromatic heterocycles. The monoisotopic (exact) mass is 247 g/mol. The van der Waals surface area contributed by atoms with Crippen LogP contribution in [0.1, 0.15) is 46.0 Å². The minimum absolute atomic E-state index is 0.452. The molecule has 1 aliphatic rings. The Kier molecular flexibility index (Phi) is 4.45. The topological polar surface area (TPSA) is 37.0 Å². The molecule has 1 fully saturated rings. The van der Waals surface area contributed by atoms with Crippen molar-refractivity contribution in [1.82, 2.24) is 4.98 Å². The van der Waals surface area contributed by atoms with E-state index in [-0.39, 0.29) is 0 Å². The summed E-state index contributed by atoms with van der Waals surface area (Å²) in [6, 6.07) is 6.11. The standard InChI is InChI=1S/C15H25N3/c1-3-16-13-8-7-9-14(18-13)17-12-15(2)10-5-4-6-11-15/h7-9H,3-6,10-12H2,1-2H3,(H2,16,17,18). The average molecular weight is 247 g/mol. The van der Waals surface area contributed by atoms with E-state index in [0.717, 1.165) is 24.7 Å². The normalized spacial score (nSPS) is 18.3. The van der Waals surface area contributed by atoms with Crippen LogP contribution >= 0.6 is 0 Å². The summed E-state index contributed by atoms with van der Waals surface area (Å²) in [4.78, 5) is 4.56. The molecule has 1 aromatic rings. The SMILES string of the molecule is CCNc1cccc(NCC2(C)CCCCC2)n1. The molecular formula is C15H25N3. The van der Waals surface area contributed by atoms with E-state index in [2.05, 4.69) is 35.5 Å². The fourth-order valence-electron chi connectivity index (χ4n) is 2.70. The predicted molar refractivity (Wildman–Crippen MR) is 78.1 cm³/mol. The Bertz CT molecular complexity index is 370. The number of hydrogen-bond donors (Lipinski definition) is 2. The van der Waals surface area contributed by atoms with Crippen molar-refractivity contribution in [1.29, 1.82) is 0 Å². The van der Waals surface area contributed by atoms with Crippen molar-refractivity contribution >= 4 is 11.6 Å². The van der Waals surface area contributed by atoms with Gasteiger partial charge >= 0.3 is 0 Å². The lowest BCUT2D eigenvalue weighted by Crippen LogP contribution is -2.29. The van der Waals surface area contributed by atoms with Gasteiger partial charge in [-0.25, -0.2) is 4.98 Å². The second-order valence-corrected chi connectivity index (χ2v) is 5.66. The van der Waals surface area contributed by atoms with Crippen molar-refractivity contribution in [2.45, 2.75) is 46.0 Å². The number of pyridine rings is 1. The molecule has 0 radical (unpaired) electrons. The van der Waals surface area contributed by atoms with Gasteiger partial charge in [-0.1, -0.05) is 32.3 Å². The van der Waals surface area contributed by atoms with Crippen LogP contribution < -0.4 is 10.6 Å². The first-order valence-corrected chi connectivity index (χ1v) is 7.17. The van der Waals surface area contributed by atoms with E-state index in [9.17, 15) is 0 Å². The third-order valence-corrected chi connectivity index (χ3v) is 3.86. The summed E-state index contributed by atoms with van der Waals surface area (Å²) in [6.45, 7) is 6.43. The largest absolute Gasteiger partial charge is 0.370 e. The summed E-state index contributed by atoms with van der Waals surface area (Å²) in [5, 5.41) is 6.75. The molecule has 0 spiro atoms. The van der Waals surface area contributed by atoms with Crippen LogP contribution in [0.4, 0.5) is 11.6 Å². The lowest BCUT2D eigenvalue weighted by Gasteiger charge is -2.33. The molecule has 0 amide bonds. The lowest BCUT2D eigenvalue weighted by molar-refractivity contribution is 0.233. The molecule has 2 N–H and O–H groups in total. The molecular weight excluding hydrogens is 222 g/mol. The Morgan fingerprint density at radius 2 is 1.78 bits per heavy atom. The molecule has 3 nitrogen and oxygen atoms in total. The Morgan fingerprint density at radius 3 is 2.44 bits per heavy atom. The van der Waals surface area contributed by atoms with E-state index in [1.54, 1.807) is 0 Å². The first-order valence-electron chi connectivity index (χ1n) is 7.17. The van der Waals surface area contributed by atoms with Crippen LogP contribution in [0.2, 0.25) is 0 Å². The summed E-state index contributed by atoms with van der Waals surface area (Å²) in [6.07, 6.45) is 6.84. The van der Waals surface area contributed by atoms with Gasteiger partial charge in [-0.2, -0.15) is 0 Å². The van der Waals surface area contributed by atoms with Crippen LogP contribution in [-0.2, 0) is 0 Å². The van der Waals surface area contributed by atoms with Gasteiger partial charge in [0.15, 0.2) is 0 Å². The molecule has 0 bridgehead atoms. The first-order chi connectivity index (χ1) is 8.72. The van der Waals surface area contributed by atoms with Gasteiger partial charge in [-0.3, -0.25) is 0 Å². The van der Waals surface area contributed by atoms with Crippen LogP contribution in [0.15, 0.2) is 18.2 Å². The second-order valence-electron chi connectivity index (χ2n) is 5.66. The fourth-order valence-corrected chi connectivity index (χ4v) is 2.70. The molecule has 3 heteroatoms. The molecule has 18 heavy (non-hydrogen) atoms. The first kappa shape index (κ1) is 13.2. The maximum absolute atomic E-state index is 4.56. The van der Waals surface area contributed by atoms with Crippen molar-refractivity contribution < 1.29 is 0 Å². The summed E-state index contributed by atoms with van der Waals surface area (Å²) < 4.78 is 0. The summed E-state index contributed by atoms with van der Waals surface area (Å²) in [5.41, 5.74) is 0.452. The van der Waals surface area contributed by atoms with Gasteiger partial charge in [0.2, 0.25) is 0 Å². The van der Waals surface area contributed by atoms with Crippen LogP contribution in [0.25, 0.3) is 0 Å². The van der Waals surface area contributed by atoms with Crippen LogP contribution in [0.5, 0.6) is 0 Å². The zero-order chi connectivity index (χ0) is 12.8. The van der Waals surface area contributed by atoms with Gasteiger partial charge in [-0.15, -0.1) is 0 Å². The van der Waals surface area contributed by atoms with E-state index in [1.807, 2.05) is 12.1 Å². The van der Waals surface area contributed by atoms with Gasteiger partial charge in [0.05, 0.1) is 0 Å². The fraction of sp³-hybridized carbons (Fsp3) is 0.667. The van der Waals surface area contributed by atoms with E-state index in [1.165, 1.54) is 32.1 Å². The number of anilines is 2. The molecule has 100 valence electrons. The molecule has 1 heterocycles. The van der Waals surface area contributed by atoms with Crippen LogP contribution in [0.3, 0.4) is 0 Å². The van der Waals surface area contributed by atoms with E-state index in [0.29, 0.717) is 5.41 Å². The molecule has 1 saturated carbocycles. The highest BCUT2D eigenvalue weighted by molar-refractivity contribution is 5.45. The van der Waals surface area contributed by atoms with Gasteiger partial charge in [0.1, 0.15) is 11.6 Å². The molecule has 0 unspecified atom stereocenters. The second kappa shape index (κ2) is 6.07. The van der Waals surface area contributed by atoms with Crippen LogP contribution in [0, 0.1) is 5.41 Å². The van der Waals surface area contributed by atoms with Crippen molar-refractivity contribution in [2.24, 2.45) is 5.41 Å². The third kappa shape index (κ3) is 3.62. The minimum atomic E-state index is 0.452. The molecule has 0 aromatic carbocycles. The predicted octanol–water partition coefficient (Wildman–Crippen LogP) is 3.90. The van der Waals surface area contributed by atoms with Gasteiger partial charge in [0.25, 0.3) is 0 Å². The van der Waals surface area contributed by atoms with Crippen molar-refractivity contribution in [3.63, 3.8) is 0 Å². The Hall–Kier alpha value is -1.25. The van der Waals surface area contributed by atoms with Crippen LogP contribution in [-0.4, -0.2) is 18.1 Å². The number of nitrogens with zero attached hydrogens (tertiary/aromatic N) is 1. The Labute approximate surface area is 110 Å². The zero-order valence-corrected chi connectivity index (χ0v) is 11.6. The number of hydrogen-bond acceptors (Lipinski definition) is 3. The lowest BCUT2D eigenvalue weighted by atomic mass is 9.76. The Balaban J connectivity index is 1.90. The Morgan fingerprint density at radius 1 is 1.11 bits per heavy atom. The number of nitrogens with one attached hydrogen (secondary N) is 2. The maximum Gasteiger partial charge on any atom is 0.128 e. The molecule has 0 aliphatic heterocycles. The highest BCUT2D eigenvalue weighted by atomic mass is 15.1. The molecule has 2 rings (SSSR count). The molecule has 1 aliphatic carbocycles. The van der Waals surface area contributed by atoms with Gasteiger partial charge in [-0.05, 0) is 37.3 Å². The third-order valence-electron chi connectivity index (χ3n) is 3.86. The minimum Gasteiger partial charge on any atom is -0.370 e. The zero-order valence-electron chi connectivity index (χ0n) is 11.6. The van der Waals surface area contributed by atoms with Gasteiger partial charge in [0, 0.05) is 13.1 Å². The van der Waals surface area contributed by atoms with E-state index in [4.69, 9.17) is 0 Å². The number of aromatic nitrogens is 1. The molecule has 0 saturated heterocycles. The molecule has 0 atom stereocenters. The quantitative estimate of drug-likeness (QED) is 0.828. The maximum atomic E-state index is 4.56. The highest BCUT2D eigenvalue weighted by Gasteiger charge is 2.26.